The molecule has 4 aromatic rings. The Morgan fingerprint density at radius 3 is 2.42 bits per heavy atom. The first kappa shape index (κ1) is 20.9. The summed E-state index contributed by atoms with van der Waals surface area (Å²) in [7, 11) is -4.35. The van der Waals surface area contributed by atoms with Crippen LogP contribution in [0.25, 0.3) is 5.69 Å². The molecule has 2 aromatic heterocycles. The lowest BCUT2D eigenvalue weighted by atomic mass is 10.1. The molecule has 0 bridgehead atoms. The van der Waals surface area contributed by atoms with Gasteiger partial charge in [0.25, 0.3) is 10.0 Å². The highest BCUT2D eigenvalue weighted by Gasteiger charge is 2.38. The van der Waals surface area contributed by atoms with Gasteiger partial charge < -0.3 is 4.74 Å². The summed E-state index contributed by atoms with van der Waals surface area (Å²) in [5, 5.41) is 5.49. The van der Waals surface area contributed by atoms with Gasteiger partial charge in [-0.2, -0.15) is 18.3 Å². The van der Waals surface area contributed by atoms with Crippen molar-refractivity contribution >= 4 is 26.5 Å². The van der Waals surface area contributed by atoms with Crippen LogP contribution in [-0.2, 0) is 16.2 Å². The van der Waals surface area contributed by atoms with Crippen LogP contribution in [-0.4, -0.2) is 23.2 Å². The standard InChI is InChI=1S/C19H13F3N4O3S2/c20-19(21,22)14-7-8-15(31(27,28)25-18-23-10-12-30-18)17(16(14)26-11-4-9-24-26)29-13-5-2-1-3-6-13/h1-12H,(H,23,25). The van der Waals surface area contributed by atoms with E-state index in [9.17, 15) is 21.6 Å². The van der Waals surface area contributed by atoms with Gasteiger partial charge in [-0.15, -0.1) is 11.3 Å². The van der Waals surface area contributed by atoms with Crippen LogP contribution in [0.5, 0.6) is 11.5 Å². The van der Waals surface area contributed by atoms with E-state index in [2.05, 4.69) is 14.8 Å². The van der Waals surface area contributed by atoms with Gasteiger partial charge in [-0.25, -0.2) is 18.1 Å². The first-order valence-corrected chi connectivity index (χ1v) is 11.0. The number of nitrogens with zero attached hydrogens (tertiary/aromatic N) is 3. The van der Waals surface area contributed by atoms with Crippen LogP contribution in [0.2, 0.25) is 0 Å². The second-order valence-corrected chi connectivity index (χ2v) is 8.64. The van der Waals surface area contributed by atoms with E-state index in [4.69, 9.17) is 4.74 Å². The van der Waals surface area contributed by atoms with Gasteiger partial charge in [0, 0.05) is 24.0 Å². The minimum atomic E-state index is -4.79. The Morgan fingerprint density at radius 1 is 1.03 bits per heavy atom. The van der Waals surface area contributed by atoms with Gasteiger partial charge in [0.15, 0.2) is 10.9 Å². The molecule has 0 aliphatic heterocycles. The number of halogens is 3. The lowest BCUT2D eigenvalue weighted by Gasteiger charge is -2.20. The number of hydrogen-bond donors (Lipinski definition) is 1. The normalized spacial score (nSPS) is 12.0. The molecule has 2 aromatic carbocycles. The number of alkyl halides is 3. The Bertz CT molecular complexity index is 1280. The number of nitrogens with one attached hydrogen (secondary N) is 1. The Balaban J connectivity index is 1.97. The Morgan fingerprint density at radius 2 is 1.81 bits per heavy atom. The van der Waals surface area contributed by atoms with Crippen molar-refractivity contribution in [1.82, 2.24) is 14.8 Å². The van der Waals surface area contributed by atoms with E-state index < -0.39 is 38.1 Å². The highest BCUT2D eigenvalue weighted by Crippen LogP contribution is 2.43. The molecular formula is C19H13F3N4O3S2. The molecule has 7 nitrogen and oxygen atoms in total. The zero-order valence-corrected chi connectivity index (χ0v) is 17.1. The molecule has 0 amide bonds. The van der Waals surface area contributed by atoms with Crippen molar-refractivity contribution in [3.63, 3.8) is 0 Å². The molecule has 0 radical (unpaired) electrons. The summed E-state index contributed by atoms with van der Waals surface area (Å²) in [4.78, 5) is 3.36. The van der Waals surface area contributed by atoms with Crippen LogP contribution < -0.4 is 9.46 Å². The topological polar surface area (TPSA) is 86.1 Å². The molecule has 0 atom stereocenters. The van der Waals surface area contributed by atoms with Crippen molar-refractivity contribution in [1.29, 1.82) is 0 Å². The molecular weight excluding hydrogens is 453 g/mol. The van der Waals surface area contributed by atoms with Crippen molar-refractivity contribution in [3.8, 4) is 17.2 Å². The Kier molecular flexibility index (Phi) is 5.41. The van der Waals surface area contributed by atoms with Gasteiger partial charge in [-0.05, 0) is 30.3 Å². The lowest BCUT2D eigenvalue weighted by Crippen LogP contribution is -2.18. The first-order valence-electron chi connectivity index (χ1n) is 8.65. The highest BCUT2D eigenvalue weighted by molar-refractivity contribution is 7.93. The number of hydrogen-bond acceptors (Lipinski definition) is 6. The fourth-order valence-electron chi connectivity index (χ4n) is 2.77. The first-order chi connectivity index (χ1) is 14.8. The number of ether oxygens (including phenoxy) is 1. The van der Waals surface area contributed by atoms with E-state index >= 15 is 0 Å². The monoisotopic (exact) mass is 466 g/mol. The van der Waals surface area contributed by atoms with E-state index in [1.165, 1.54) is 36.8 Å². The summed E-state index contributed by atoms with van der Waals surface area (Å²) in [6, 6.07) is 10.9. The maximum absolute atomic E-state index is 13.8. The summed E-state index contributed by atoms with van der Waals surface area (Å²) < 4.78 is 76.5. The summed E-state index contributed by atoms with van der Waals surface area (Å²) >= 11 is 1.02. The van der Waals surface area contributed by atoms with Crippen molar-refractivity contribution in [2.45, 2.75) is 11.1 Å². The summed E-state index contributed by atoms with van der Waals surface area (Å²) in [6.07, 6.45) is -0.846. The van der Waals surface area contributed by atoms with Crippen LogP contribution in [0.3, 0.4) is 0 Å². The van der Waals surface area contributed by atoms with E-state index in [1.54, 1.807) is 23.6 Å². The third-order valence-corrected chi connectivity index (χ3v) is 6.22. The molecule has 12 heteroatoms. The minimum Gasteiger partial charge on any atom is -0.454 e. The summed E-state index contributed by atoms with van der Waals surface area (Å²) in [5.41, 5.74) is -1.65. The predicted octanol–water partition coefficient (Wildman–Crippen LogP) is 4.94. The van der Waals surface area contributed by atoms with Crippen LogP contribution in [0, 0.1) is 0 Å². The fourth-order valence-corrected chi connectivity index (χ4v) is 4.69. The van der Waals surface area contributed by atoms with Crippen molar-refractivity contribution < 1.29 is 26.3 Å². The second-order valence-electron chi connectivity index (χ2n) is 6.10. The molecule has 0 saturated heterocycles. The number of aromatic nitrogens is 3. The second kappa shape index (κ2) is 8.04. The Hall–Kier alpha value is -3.38. The van der Waals surface area contributed by atoms with E-state index in [0.717, 1.165) is 22.1 Å². The molecule has 0 unspecified atom stereocenters. The number of benzene rings is 2. The van der Waals surface area contributed by atoms with Crippen LogP contribution in [0.1, 0.15) is 5.56 Å². The van der Waals surface area contributed by atoms with E-state index in [-0.39, 0.29) is 10.9 Å². The maximum atomic E-state index is 13.8. The number of rotatable bonds is 6. The van der Waals surface area contributed by atoms with E-state index in [0.29, 0.717) is 6.07 Å². The molecule has 160 valence electrons. The molecule has 0 saturated carbocycles. The Labute approximate surface area is 178 Å². The number of para-hydroxylation sites is 1. The third-order valence-electron chi connectivity index (χ3n) is 4.04. The molecule has 0 spiro atoms. The molecule has 4 rings (SSSR count). The van der Waals surface area contributed by atoms with Gasteiger partial charge in [-0.3, -0.25) is 4.72 Å². The number of thiazole rings is 1. The van der Waals surface area contributed by atoms with Crippen molar-refractivity contribution in [2.75, 3.05) is 4.72 Å². The van der Waals surface area contributed by atoms with Gasteiger partial charge in [-0.1, -0.05) is 18.2 Å². The van der Waals surface area contributed by atoms with Crippen LogP contribution >= 0.6 is 11.3 Å². The van der Waals surface area contributed by atoms with E-state index in [1.807, 2.05) is 0 Å². The quantitative estimate of drug-likeness (QED) is 0.435. The highest BCUT2D eigenvalue weighted by atomic mass is 32.2. The van der Waals surface area contributed by atoms with Gasteiger partial charge in [0.2, 0.25) is 0 Å². The van der Waals surface area contributed by atoms with Gasteiger partial charge in [0.05, 0.1) is 5.56 Å². The molecule has 0 fully saturated rings. The molecule has 2 heterocycles. The average Bonchev–Trinajstić information content (AvgIpc) is 3.41. The van der Waals surface area contributed by atoms with Crippen LogP contribution in [0.4, 0.5) is 18.3 Å². The average molecular weight is 466 g/mol. The van der Waals surface area contributed by atoms with Crippen molar-refractivity contribution in [3.05, 3.63) is 78.1 Å². The molecule has 31 heavy (non-hydrogen) atoms. The fraction of sp³-hybridized carbons (Fsp3) is 0.0526. The van der Waals surface area contributed by atoms with Gasteiger partial charge >= 0.3 is 6.18 Å². The number of sulfonamides is 1. The molecule has 0 aliphatic carbocycles. The largest absolute Gasteiger partial charge is 0.454 e. The van der Waals surface area contributed by atoms with Gasteiger partial charge in [0.1, 0.15) is 16.3 Å². The SMILES string of the molecule is O=S(=O)(Nc1nccs1)c1ccc(C(F)(F)F)c(-n2cccn2)c1Oc1ccccc1. The third kappa shape index (κ3) is 4.39. The summed E-state index contributed by atoms with van der Waals surface area (Å²) in [6.45, 7) is 0. The minimum absolute atomic E-state index is 0.0613. The lowest BCUT2D eigenvalue weighted by molar-refractivity contribution is -0.137. The van der Waals surface area contributed by atoms with Crippen molar-refractivity contribution in [2.24, 2.45) is 0 Å². The molecule has 1 N–H and O–H groups in total. The summed E-state index contributed by atoms with van der Waals surface area (Å²) in [5.74, 6) is -0.366. The molecule has 0 aliphatic rings. The maximum Gasteiger partial charge on any atom is 0.418 e. The predicted molar refractivity (Wildman–Crippen MR) is 108 cm³/mol. The smallest absolute Gasteiger partial charge is 0.418 e. The van der Waals surface area contributed by atoms with Crippen LogP contribution in [0.15, 0.2) is 77.4 Å². The zero-order valence-electron chi connectivity index (χ0n) is 15.4. The number of anilines is 1. The zero-order chi connectivity index (χ0) is 22.1.